The van der Waals surface area contributed by atoms with Gasteiger partial charge in [-0.3, -0.25) is 0 Å². The van der Waals surface area contributed by atoms with Gasteiger partial charge in [-0.05, 0) is 35.9 Å². The van der Waals surface area contributed by atoms with Gasteiger partial charge < -0.3 is 9.46 Å². The predicted octanol–water partition coefficient (Wildman–Crippen LogP) is 3.54. The number of rotatable bonds is 5. The molecule has 4 nitrogen and oxygen atoms in total. The molecule has 0 aromatic heterocycles. The van der Waals surface area contributed by atoms with Crippen LogP contribution in [0.15, 0.2) is 53.4 Å². The van der Waals surface area contributed by atoms with Gasteiger partial charge in [0.1, 0.15) is 11.0 Å². The number of hydrogen-bond donors (Lipinski definition) is 1. The van der Waals surface area contributed by atoms with Gasteiger partial charge in [0.05, 0.1) is 17.6 Å². The first-order chi connectivity index (χ1) is 10.1. The maximum absolute atomic E-state index is 12.2. The predicted molar refractivity (Wildman–Crippen MR) is 92.0 cm³/mol. The van der Waals surface area contributed by atoms with E-state index in [4.69, 9.17) is 0 Å². The lowest BCUT2D eigenvalue weighted by Gasteiger charge is -2.08. The highest BCUT2D eigenvalue weighted by molar-refractivity contribution is 14.1. The number of hydrogen-bond acceptors (Lipinski definition) is 3. The number of benzene rings is 2. The van der Waals surface area contributed by atoms with Crippen molar-refractivity contribution in [1.82, 2.24) is 0 Å². The third-order valence-corrected chi connectivity index (χ3v) is 4.79. The van der Waals surface area contributed by atoms with Crippen molar-refractivity contribution in [1.29, 1.82) is 0 Å². The number of nitrogens with one attached hydrogen (secondary N) is 1. The molecule has 0 aliphatic carbocycles. The van der Waals surface area contributed by atoms with E-state index in [0.717, 1.165) is 4.43 Å². The second-order valence-corrected chi connectivity index (χ2v) is 6.20. The average molecular weight is 415 g/mol. The lowest BCUT2D eigenvalue weighted by Crippen LogP contribution is -2.06. The average Bonchev–Trinajstić information content (AvgIpc) is 2.54. The summed E-state index contributed by atoms with van der Waals surface area (Å²) in [5.74, 6) is -0.421. The van der Waals surface area contributed by atoms with Crippen LogP contribution in [0.4, 0.5) is 5.69 Å². The topological polar surface area (TPSA) is 55.4 Å². The van der Waals surface area contributed by atoms with Crippen LogP contribution in [0.1, 0.15) is 15.9 Å². The van der Waals surface area contributed by atoms with Gasteiger partial charge in [0.25, 0.3) is 0 Å². The summed E-state index contributed by atoms with van der Waals surface area (Å²) in [6, 6.07) is 14.3. The monoisotopic (exact) mass is 415 g/mol. The molecule has 0 aliphatic heterocycles. The number of methoxy groups -OCH3 is 1. The van der Waals surface area contributed by atoms with Crippen molar-refractivity contribution in [3.8, 4) is 0 Å². The maximum Gasteiger partial charge on any atom is 0.337 e. The second kappa shape index (κ2) is 7.56. The molecule has 1 N–H and O–H groups in total. The molecule has 110 valence electrons. The first kappa shape index (κ1) is 16.0. The minimum Gasteiger partial charge on any atom is -0.465 e. The van der Waals surface area contributed by atoms with Crippen molar-refractivity contribution in [2.75, 3.05) is 11.8 Å². The van der Waals surface area contributed by atoms with Crippen molar-refractivity contribution < 1.29 is 13.7 Å². The molecule has 0 saturated heterocycles. The Bertz CT molecular complexity index is 658. The summed E-state index contributed by atoms with van der Waals surface area (Å²) in [5.41, 5.74) is 2.21. The Morgan fingerprint density at radius 2 is 1.95 bits per heavy atom. The Balaban J connectivity index is 2.13. The third kappa shape index (κ3) is 4.28. The molecule has 0 bridgehead atoms. The molecular weight excluding hydrogens is 401 g/mol. The number of carbonyl (C=O) groups is 1. The summed E-state index contributed by atoms with van der Waals surface area (Å²) < 4.78 is 20.7. The molecule has 0 saturated carbocycles. The van der Waals surface area contributed by atoms with E-state index < -0.39 is 17.0 Å². The van der Waals surface area contributed by atoms with Crippen LogP contribution in [0.5, 0.6) is 0 Å². The van der Waals surface area contributed by atoms with Crippen molar-refractivity contribution in [2.45, 2.75) is 9.32 Å². The fourth-order valence-corrected chi connectivity index (χ4v) is 3.05. The number of esters is 1. The van der Waals surface area contributed by atoms with Crippen molar-refractivity contribution in [3.63, 3.8) is 0 Å². The lowest BCUT2D eigenvalue weighted by atomic mass is 10.2. The van der Waals surface area contributed by atoms with Gasteiger partial charge in [0.2, 0.25) is 0 Å². The van der Waals surface area contributed by atoms with E-state index >= 15 is 0 Å². The number of ether oxygens (including phenoxy) is 1. The van der Waals surface area contributed by atoms with E-state index in [1.807, 2.05) is 24.3 Å². The molecule has 2 rings (SSSR count). The van der Waals surface area contributed by atoms with E-state index in [0.29, 0.717) is 16.1 Å². The van der Waals surface area contributed by atoms with Crippen LogP contribution in [0, 0.1) is 0 Å². The van der Waals surface area contributed by atoms with Crippen LogP contribution in [0.3, 0.4) is 0 Å². The molecule has 6 heteroatoms. The quantitative estimate of drug-likeness (QED) is 0.462. The van der Waals surface area contributed by atoms with E-state index in [9.17, 15) is 9.00 Å². The van der Waals surface area contributed by atoms with Gasteiger partial charge in [0, 0.05) is 10.1 Å². The van der Waals surface area contributed by atoms with E-state index in [-0.39, 0.29) is 0 Å². The van der Waals surface area contributed by atoms with Crippen LogP contribution in [-0.2, 0) is 20.2 Å². The number of alkyl halides is 1. The molecule has 0 heterocycles. The summed E-state index contributed by atoms with van der Waals surface area (Å²) in [6.07, 6.45) is 0. The molecule has 21 heavy (non-hydrogen) atoms. The van der Waals surface area contributed by atoms with Gasteiger partial charge in [-0.1, -0.05) is 40.8 Å². The Labute approximate surface area is 139 Å². The standard InChI is InChI=1S/C15H14INO3S/c1-20-15(18)12-3-2-4-13(9-12)17-21(19)14-7-5-11(10-16)6-8-14/h2-9,17H,10H2,1H3. The van der Waals surface area contributed by atoms with Crippen LogP contribution in [0.2, 0.25) is 0 Å². The molecule has 2 aromatic rings. The Morgan fingerprint density at radius 3 is 2.57 bits per heavy atom. The van der Waals surface area contributed by atoms with Gasteiger partial charge in [-0.15, -0.1) is 0 Å². The molecule has 0 radical (unpaired) electrons. The SMILES string of the molecule is COC(=O)c1cccc(NS(=O)c2ccc(CI)cc2)c1. The van der Waals surface area contributed by atoms with Crippen LogP contribution < -0.4 is 4.72 Å². The van der Waals surface area contributed by atoms with Crippen molar-refractivity contribution in [2.24, 2.45) is 0 Å². The molecule has 1 unspecified atom stereocenters. The highest BCUT2D eigenvalue weighted by atomic mass is 127. The lowest BCUT2D eigenvalue weighted by molar-refractivity contribution is 0.0601. The zero-order valence-corrected chi connectivity index (χ0v) is 14.3. The Morgan fingerprint density at radius 1 is 1.24 bits per heavy atom. The summed E-state index contributed by atoms with van der Waals surface area (Å²) in [7, 11) is -0.0440. The second-order valence-electron chi connectivity index (χ2n) is 4.22. The summed E-state index contributed by atoms with van der Waals surface area (Å²) in [6.45, 7) is 0. The molecule has 0 amide bonds. The minimum absolute atomic E-state index is 0.416. The highest BCUT2D eigenvalue weighted by Crippen LogP contribution is 2.16. The van der Waals surface area contributed by atoms with Crippen LogP contribution in [0.25, 0.3) is 0 Å². The smallest absolute Gasteiger partial charge is 0.337 e. The molecular formula is C15H14INO3S. The van der Waals surface area contributed by atoms with Crippen molar-refractivity contribution >= 4 is 45.2 Å². The van der Waals surface area contributed by atoms with Gasteiger partial charge >= 0.3 is 5.97 Å². The molecule has 0 aliphatic rings. The largest absolute Gasteiger partial charge is 0.465 e. The molecule has 2 aromatic carbocycles. The first-order valence-electron chi connectivity index (χ1n) is 6.15. The first-order valence-corrected chi connectivity index (χ1v) is 8.83. The van der Waals surface area contributed by atoms with E-state index in [1.54, 1.807) is 24.3 Å². The summed E-state index contributed by atoms with van der Waals surface area (Å²) in [4.78, 5) is 12.2. The molecule has 0 fully saturated rings. The fourth-order valence-electron chi connectivity index (χ4n) is 1.70. The van der Waals surface area contributed by atoms with E-state index in [1.165, 1.54) is 12.7 Å². The number of carbonyl (C=O) groups excluding carboxylic acids is 1. The van der Waals surface area contributed by atoms with Crippen LogP contribution in [-0.4, -0.2) is 17.3 Å². The van der Waals surface area contributed by atoms with Crippen molar-refractivity contribution in [3.05, 3.63) is 59.7 Å². The normalized spacial score (nSPS) is 11.7. The maximum atomic E-state index is 12.2. The molecule has 0 spiro atoms. The fraction of sp³-hybridized carbons (Fsp3) is 0.133. The Hall–Kier alpha value is -1.41. The zero-order valence-electron chi connectivity index (χ0n) is 11.3. The van der Waals surface area contributed by atoms with Gasteiger partial charge in [-0.2, -0.15) is 0 Å². The summed E-state index contributed by atoms with van der Waals surface area (Å²) in [5, 5.41) is 0. The number of halogens is 1. The number of anilines is 1. The minimum atomic E-state index is -1.37. The highest BCUT2D eigenvalue weighted by Gasteiger charge is 2.08. The molecule has 1 atom stereocenters. The van der Waals surface area contributed by atoms with Crippen LogP contribution >= 0.6 is 22.6 Å². The third-order valence-electron chi connectivity index (χ3n) is 2.79. The Kier molecular flexibility index (Phi) is 5.75. The van der Waals surface area contributed by atoms with E-state index in [2.05, 4.69) is 32.0 Å². The summed E-state index contributed by atoms with van der Waals surface area (Å²) >= 11 is 2.28. The zero-order chi connectivity index (χ0) is 15.2. The van der Waals surface area contributed by atoms with Gasteiger partial charge in [0.15, 0.2) is 0 Å². The van der Waals surface area contributed by atoms with Gasteiger partial charge in [-0.25, -0.2) is 9.00 Å².